The molecule has 0 amide bonds. The van der Waals surface area contributed by atoms with E-state index in [9.17, 15) is 0 Å². The second kappa shape index (κ2) is 5.55. The van der Waals surface area contributed by atoms with Crippen LogP contribution in [0.3, 0.4) is 0 Å². The van der Waals surface area contributed by atoms with Crippen LogP contribution in [0.4, 0.5) is 0 Å². The molecule has 1 heteroatoms. The molecule has 0 atom stereocenters. The lowest BCUT2D eigenvalue weighted by atomic mass is 9.94. The van der Waals surface area contributed by atoms with Gasteiger partial charge in [-0.25, -0.2) is 0 Å². The van der Waals surface area contributed by atoms with Crippen LogP contribution in [0.15, 0.2) is 11.1 Å². The van der Waals surface area contributed by atoms with Crippen LogP contribution < -0.4 is 0 Å². The predicted molar refractivity (Wildman–Crippen MR) is 63.6 cm³/mol. The summed E-state index contributed by atoms with van der Waals surface area (Å²) < 4.78 is 0. The molecule has 0 spiro atoms. The quantitative estimate of drug-likeness (QED) is 0.622. The Kier molecular flexibility index (Phi) is 4.67. The summed E-state index contributed by atoms with van der Waals surface area (Å²) in [5.74, 6) is 0. The highest BCUT2D eigenvalue weighted by molar-refractivity contribution is 5.08. The van der Waals surface area contributed by atoms with Crippen LogP contribution in [0.2, 0.25) is 0 Å². The summed E-state index contributed by atoms with van der Waals surface area (Å²) in [4.78, 5) is 2.54. The Hall–Kier alpha value is -0.300. The minimum atomic E-state index is 0.845. The van der Waals surface area contributed by atoms with Gasteiger partial charge in [-0.05, 0) is 40.7 Å². The van der Waals surface area contributed by atoms with Gasteiger partial charge in [0.05, 0.1) is 0 Å². The van der Waals surface area contributed by atoms with Gasteiger partial charge in [-0.3, -0.25) is 4.90 Å². The van der Waals surface area contributed by atoms with Crippen molar-refractivity contribution in [3.8, 4) is 0 Å². The van der Waals surface area contributed by atoms with Crippen LogP contribution >= 0.6 is 0 Å². The van der Waals surface area contributed by atoms with E-state index >= 15 is 0 Å². The lowest BCUT2D eigenvalue weighted by Crippen LogP contribution is -2.34. The third-order valence-corrected chi connectivity index (χ3v) is 3.54. The van der Waals surface area contributed by atoms with Crippen LogP contribution in [0.5, 0.6) is 0 Å². The Balaban J connectivity index is 2.40. The first-order valence-corrected chi connectivity index (χ1v) is 5.94. The van der Waals surface area contributed by atoms with Crippen molar-refractivity contribution in [3.63, 3.8) is 0 Å². The minimum absolute atomic E-state index is 0.845. The van der Waals surface area contributed by atoms with Crippen molar-refractivity contribution in [2.75, 3.05) is 13.6 Å². The summed E-state index contributed by atoms with van der Waals surface area (Å²) in [7, 11) is 2.28. The van der Waals surface area contributed by atoms with Gasteiger partial charge in [-0.2, -0.15) is 0 Å². The topological polar surface area (TPSA) is 3.24 Å². The molecule has 1 saturated carbocycles. The zero-order valence-electron chi connectivity index (χ0n) is 10.3. The molecule has 0 aliphatic heterocycles. The fraction of sp³-hybridized carbons (Fsp3) is 0.846. The molecule has 0 aromatic carbocycles. The third-order valence-electron chi connectivity index (χ3n) is 3.54. The van der Waals surface area contributed by atoms with Crippen LogP contribution in [0.25, 0.3) is 0 Å². The van der Waals surface area contributed by atoms with Crippen molar-refractivity contribution < 1.29 is 0 Å². The highest BCUT2D eigenvalue weighted by Gasteiger charge is 2.17. The molecule has 0 unspecified atom stereocenters. The van der Waals surface area contributed by atoms with E-state index in [1.165, 1.54) is 43.3 Å². The van der Waals surface area contributed by atoms with Gasteiger partial charge in [0, 0.05) is 12.6 Å². The molecule has 0 radical (unpaired) electrons. The van der Waals surface area contributed by atoms with Crippen LogP contribution in [-0.4, -0.2) is 24.5 Å². The first kappa shape index (κ1) is 11.8. The SMILES string of the molecule is CC(C)=C(C)CN(C)C1CCCCC1. The van der Waals surface area contributed by atoms with Gasteiger partial charge < -0.3 is 0 Å². The molecule has 1 fully saturated rings. The lowest BCUT2D eigenvalue weighted by molar-refractivity contribution is 0.205. The summed E-state index contributed by atoms with van der Waals surface area (Å²) >= 11 is 0. The average molecular weight is 195 g/mol. The Morgan fingerprint density at radius 2 is 1.64 bits per heavy atom. The number of allylic oxidation sites excluding steroid dienone is 1. The maximum atomic E-state index is 2.54. The van der Waals surface area contributed by atoms with Crippen molar-refractivity contribution in [2.24, 2.45) is 0 Å². The molecular formula is C13H25N. The number of nitrogens with zero attached hydrogens (tertiary/aromatic N) is 1. The third kappa shape index (κ3) is 3.45. The summed E-state index contributed by atoms with van der Waals surface area (Å²) in [6.45, 7) is 7.84. The molecule has 0 N–H and O–H groups in total. The maximum absolute atomic E-state index is 2.54. The molecule has 1 nitrogen and oxygen atoms in total. The fourth-order valence-electron chi connectivity index (χ4n) is 2.18. The zero-order valence-corrected chi connectivity index (χ0v) is 10.3. The molecule has 0 bridgehead atoms. The fourth-order valence-corrected chi connectivity index (χ4v) is 2.18. The van der Waals surface area contributed by atoms with E-state index in [0.717, 1.165) is 12.6 Å². The second-order valence-corrected chi connectivity index (χ2v) is 4.99. The van der Waals surface area contributed by atoms with Crippen molar-refractivity contribution >= 4 is 0 Å². The smallest absolute Gasteiger partial charge is 0.0192 e. The van der Waals surface area contributed by atoms with Crippen molar-refractivity contribution in [1.82, 2.24) is 4.90 Å². The van der Waals surface area contributed by atoms with Crippen molar-refractivity contribution in [2.45, 2.75) is 58.9 Å². The Labute approximate surface area is 89.2 Å². The molecule has 0 aromatic heterocycles. The Bertz CT molecular complexity index is 195. The second-order valence-electron chi connectivity index (χ2n) is 4.99. The standard InChI is InChI=1S/C13H25N/c1-11(2)12(3)10-14(4)13-8-6-5-7-9-13/h13H,5-10H2,1-4H3. The molecule has 1 aliphatic rings. The molecule has 0 heterocycles. The predicted octanol–water partition coefficient (Wildman–Crippen LogP) is 3.61. The van der Waals surface area contributed by atoms with Gasteiger partial charge in [-0.1, -0.05) is 30.4 Å². The van der Waals surface area contributed by atoms with Gasteiger partial charge in [0.15, 0.2) is 0 Å². The van der Waals surface area contributed by atoms with Gasteiger partial charge in [0.1, 0.15) is 0 Å². The zero-order chi connectivity index (χ0) is 10.6. The minimum Gasteiger partial charge on any atom is -0.300 e. The van der Waals surface area contributed by atoms with Gasteiger partial charge in [-0.15, -0.1) is 0 Å². The van der Waals surface area contributed by atoms with E-state index in [1.54, 1.807) is 0 Å². The Morgan fingerprint density at radius 3 is 2.14 bits per heavy atom. The van der Waals surface area contributed by atoms with Crippen molar-refractivity contribution in [3.05, 3.63) is 11.1 Å². The van der Waals surface area contributed by atoms with E-state index in [0.29, 0.717) is 0 Å². The number of rotatable bonds is 3. The van der Waals surface area contributed by atoms with E-state index in [-0.39, 0.29) is 0 Å². The molecule has 1 rings (SSSR count). The molecule has 0 saturated heterocycles. The molecule has 82 valence electrons. The molecular weight excluding hydrogens is 170 g/mol. The highest BCUT2D eigenvalue weighted by atomic mass is 15.1. The Morgan fingerprint density at radius 1 is 1.07 bits per heavy atom. The summed E-state index contributed by atoms with van der Waals surface area (Å²) in [5.41, 5.74) is 3.02. The normalized spacial score (nSPS) is 18.6. The monoisotopic (exact) mass is 195 g/mol. The van der Waals surface area contributed by atoms with Crippen LogP contribution in [-0.2, 0) is 0 Å². The van der Waals surface area contributed by atoms with Gasteiger partial charge >= 0.3 is 0 Å². The molecule has 1 aliphatic carbocycles. The summed E-state index contributed by atoms with van der Waals surface area (Å²) in [5, 5.41) is 0. The first-order valence-electron chi connectivity index (χ1n) is 5.94. The van der Waals surface area contributed by atoms with E-state index < -0.39 is 0 Å². The number of hydrogen-bond acceptors (Lipinski definition) is 1. The summed E-state index contributed by atoms with van der Waals surface area (Å²) in [6.07, 6.45) is 7.14. The average Bonchev–Trinajstić information content (AvgIpc) is 2.19. The largest absolute Gasteiger partial charge is 0.300 e. The summed E-state index contributed by atoms with van der Waals surface area (Å²) in [6, 6.07) is 0.845. The highest BCUT2D eigenvalue weighted by Crippen LogP contribution is 2.22. The van der Waals surface area contributed by atoms with Crippen LogP contribution in [0.1, 0.15) is 52.9 Å². The van der Waals surface area contributed by atoms with Gasteiger partial charge in [0.2, 0.25) is 0 Å². The van der Waals surface area contributed by atoms with E-state index in [1.807, 2.05) is 0 Å². The van der Waals surface area contributed by atoms with Gasteiger partial charge in [0.25, 0.3) is 0 Å². The van der Waals surface area contributed by atoms with Crippen LogP contribution in [0, 0.1) is 0 Å². The van der Waals surface area contributed by atoms with E-state index in [4.69, 9.17) is 0 Å². The first-order chi connectivity index (χ1) is 6.61. The van der Waals surface area contributed by atoms with E-state index in [2.05, 4.69) is 32.7 Å². The molecule has 14 heavy (non-hydrogen) atoms. The number of likely N-dealkylation sites (N-methyl/N-ethyl adjacent to an activating group) is 1. The number of hydrogen-bond donors (Lipinski definition) is 0. The maximum Gasteiger partial charge on any atom is 0.0192 e. The lowest BCUT2D eigenvalue weighted by Gasteiger charge is -2.31. The van der Waals surface area contributed by atoms with Crippen molar-refractivity contribution in [1.29, 1.82) is 0 Å². The molecule has 0 aromatic rings.